The van der Waals surface area contributed by atoms with Gasteiger partial charge in [-0.15, -0.1) is 47.6 Å². The Kier molecular flexibility index (Phi) is 19.0. The van der Waals surface area contributed by atoms with Crippen molar-refractivity contribution in [2.75, 3.05) is 0 Å². The first-order valence-electron chi connectivity index (χ1n) is 12.0. The van der Waals surface area contributed by atoms with Gasteiger partial charge in [0, 0.05) is 0 Å². The van der Waals surface area contributed by atoms with Crippen molar-refractivity contribution < 1.29 is 51.0 Å². The Balaban J connectivity index is 0. The predicted molar refractivity (Wildman–Crippen MR) is 171 cm³/mol. The molecule has 6 rings (SSSR count). The molecule has 2 unspecified atom stereocenters. The molecule has 4 heteroatoms. The summed E-state index contributed by atoms with van der Waals surface area (Å²) in [6.07, 6.45) is 17.5. The molecule has 40 heavy (non-hydrogen) atoms. The van der Waals surface area contributed by atoms with Crippen LogP contribution in [0.3, 0.4) is 0 Å². The summed E-state index contributed by atoms with van der Waals surface area (Å²) in [5.41, 5.74) is 10.9. The van der Waals surface area contributed by atoms with E-state index in [1.165, 1.54) is 44.5 Å². The first-order chi connectivity index (χ1) is 16.7. The second kappa shape index (κ2) is 19.0. The van der Waals surface area contributed by atoms with E-state index in [0.717, 1.165) is 0 Å². The van der Waals surface area contributed by atoms with Gasteiger partial charge in [-0.05, 0) is 33.9 Å². The fourth-order valence-electron chi connectivity index (χ4n) is 5.00. The smallest absolute Gasteiger partial charge is 1.00 e. The van der Waals surface area contributed by atoms with Crippen molar-refractivity contribution in [1.29, 1.82) is 0 Å². The van der Waals surface area contributed by atoms with E-state index in [1.54, 1.807) is 0 Å². The molecule has 0 N–H and O–H groups in total. The molecule has 0 radical (unpaired) electrons. The molecular formula is C36H40Cl2SiZr-4. The fourth-order valence-corrected chi connectivity index (χ4v) is 5.00. The van der Waals surface area contributed by atoms with Crippen molar-refractivity contribution in [3.05, 3.63) is 181 Å². The molecule has 2 atom stereocenters. The number of allylic oxidation sites excluding steroid dienone is 6. The standard InChI is InChI=1S/2C17H15.2CH3.2ClH.H4Si.Zr/c2*1-13-11-15-9-5-6-10-16(17(15)12-13)14-7-3-2-4-8-14;;;;;;/h2*2-12,16H,1H3;2*1H3;2*1H;1H4;/q4*-1;;;;+2/p-2. The van der Waals surface area contributed by atoms with Crippen LogP contribution in [0.25, 0.3) is 12.2 Å². The number of aryl methyl sites for hydroxylation is 2. The molecule has 4 aromatic carbocycles. The molecule has 0 aromatic heterocycles. The van der Waals surface area contributed by atoms with E-state index in [2.05, 4.69) is 147 Å². The molecule has 0 spiro atoms. The van der Waals surface area contributed by atoms with Crippen LogP contribution in [0.1, 0.15) is 56.3 Å². The van der Waals surface area contributed by atoms with E-state index < -0.39 is 0 Å². The van der Waals surface area contributed by atoms with Crippen LogP contribution in [-0.2, 0) is 26.2 Å². The molecular weight excluding hydrogens is 623 g/mol. The third-order valence-corrected chi connectivity index (χ3v) is 6.57. The maximum atomic E-state index is 2.30. The van der Waals surface area contributed by atoms with Crippen molar-refractivity contribution in [2.24, 2.45) is 0 Å². The van der Waals surface area contributed by atoms with E-state index in [0.29, 0.717) is 11.8 Å². The number of benzene rings is 2. The van der Waals surface area contributed by atoms with Gasteiger partial charge in [0.05, 0.1) is 0 Å². The van der Waals surface area contributed by atoms with Crippen LogP contribution in [0.15, 0.2) is 121 Å². The van der Waals surface area contributed by atoms with Gasteiger partial charge in [0.1, 0.15) is 0 Å². The zero-order valence-electron chi connectivity index (χ0n) is 23.1. The molecule has 0 heterocycles. The molecule has 0 saturated carbocycles. The van der Waals surface area contributed by atoms with Crippen molar-refractivity contribution in [3.8, 4) is 0 Å². The van der Waals surface area contributed by atoms with Crippen LogP contribution in [0.2, 0.25) is 0 Å². The molecule has 210 valence electrons. The largest absolute Gasteiger partial charge is 2.00 e. The summed E-state index contributed by atoms with van der Waals surface area (Å²) in [7, 11) is 0. The monoisotopic (exact) mass is 660 g/mol. The molecule has 4 aromatic rings. The van der Waals surface area contributed by atoms with E-state index in [9.17, 15) is 0 Å². The second-order valence-electron chi connectivity index (χ2n) is 9.15. The van der Waals surface area contributed by atoms with Gasteiger partial charge in [-0.25, -0.2) is 0 Å². The second-order valence-corrected chi connectivity index (χ2v) is 9.15. The Hall–Kier alpha value is -2.22. The number of halogens is 2. The van der Waals surface area contributed by atoms with Crippen molar-refractivity contribution in [3.63, 3.8) is 0 Å². The van der Waals surface area contributed by atoms with Gasteiger partial charge in [0.15, 0.2) is 0 Å². The Bertz CT molecular complexity index is 1270. The van der Waals surface area contributed by atoms with E-state index in [1.807, 2.05) is 0 Å². The average Bonchev–Trinajstić information content (AvgIpc) is 3.27. The van der Waals surface area contributed by atoms with Crippen molar-refractivity contribution in [2.45, 2.75) is 25.7 Å². The Morgan fingerprint density at radius 1 is 0.550 bits per heavy atom. The van der Waals surface area contributed by atoms with Crippen LogP contribution in [0.5, 0.6) is 0 Å². The zero-order valence-corrected chi connectivity index (χ0v) is 27.1. The Morgan fingerprint density at radius 3 is 1.25 bits per heavy atom. The number of rotatable bonds is 2. The number of hydrogen-bond donors (Lipinski definition) is 0. The third-order valence-electron chi connectivity index (χ3n) is 6.57. The minimum Gasteiger partial charge on any atom is -1.00 e. The zero-order chi connectivity index (χ0) is 23.3. The van der Waals surface area contributed by atoms with Crippen LogP contribution in [-0.4, -0.2) is 11.0 Å². The molecule has 0 aliphatic heterocycles. The number of fused-ring (bicyclic) bond motifs is 2. The summed E-state index contributed by atoms with van der Waals surface area (Å²) in [4.78, 5) is 0. The predicted octanol–water partition coefficient (Wildman–Crippen LogP) is 2.31. The van der Waals surface area contributed by atoms with Gasteiger partial charge in [-0.1, -0.05) is 98.8 Å². The van der Waals surface area contributed by atoms with Crippen LogP contribution >= 0.6 is 0 Å². The summed E-state index contributed by atoms with van der Waals surface area (Å²) in [6.45, 7) is 4.32. The Labute approximate surface area is 278 Å². The summed E-state index contributed by atoms with van der Waals surface area (Å²) in [5, 5.41) is 0. The summed E-state index contributed by atoms with van der Waals surface area (Å²) in [6, 6.07) is 30.5. The third kappa shape index (κ3) is 9.42. The maximum Gasteiger partial charge on any atom is 2.00 e. The van der Waals surface area contributed by atoms with Gasteiger partial charge in [-0.3, -0.25) is 0 Å². The Morgan fingerprint density at radius 2 is 0.900 bits per heavy atom. The van der Waals surface area contributed by atoms with Crippen LogP contribution in [0, 0.1) is 28.7 Å². The normalized spacial score (nSPS) is 15.2. The minimum absolute atomic E-state index is 0. The topological polar surface area (TPSA) is 0 Å². The SMILES string of the molecule is Cc1cc2c([cH-]1)C=CC=CC2c1ccccc1.Cc1cc2c([cH-]1)C=CC=CC2c1ccccc1.[CH3-].[CH3-].[Cl-].[Cl-].[SiH4].[Zr+2]. The molecule has 0 fully saturated rings. The first kappa shape index (κ1) is 39.9. The van der Waals surface area contributed by atoms with E-state index in [-0.39, 0.29) is 76.8 Å². The summed E-state index contributed by atoms with van der Waals surface area (Å²) < 4.78 is 0. The van der Waals surface area contributed by atoms with Gasteiger partial charge in [0.2, 0.25) is 0 Å². The van der Waals surface area contributed by atoms with Gasteiger partial charge < -0.3 is 39.7 Å². The molecule has 2 aliphatic rings. The van der Waals surface area contributed by atoms with Crippen molar-refractivity contribution in [1.82, 2.24) is 0 Å². The van der Waals surface area contributed by atoms with Crippen LogP contribution < -0.4 is 24.8 Å². The first-order valence-corrected chi connectivity index (χ1v) is 12.0. The molecule has 0 nitrogen and oxygen atoms in total. The van der Waals surface area contributed by atoms with E-state index in [4.69, 9.17) is 0 Å². The van der Waals surface area contributed by atoms with Gasteiger partial charge in [-0.2, -0.15) is 34.4 Å². The molecule has 2 aliphatic carbocycles. The summed E-state index contributed by atoms with van der Waals surface area (Å²) >= 11 is 0. The average molecular weight is 663 g/mol. The van der Waals surface area contributed by atoms with E-state index >= 15 is 0 Å². The molecule has 0 amide bonds. The molecule has 0 bridgehead atoms. The molecule has 0 saturated heterocycles. The van der Waals surface area contributed by atoms with Crippen LogP contribution in [0.4, 0.5) is 0 Å². The fraction of sp³-hybridized carbons (Fsp3) is 0.111. The number of hydrogen-bond acceptors (Lipinski definition) is 0. The quantitative estimate of drug-likeness (QED) is 0.229. The van der Waals surface area contributed by atoms with Gasteiger partial charge >= 0.3 is 26.2 Å². The maximum absolute atomic E-state index is 2.30. The minimum atomic E-state index is 0. The van der Waals surface area contributed by atoms with Gasteiger partial charge in [0.25, 0.3) is 0 Å². The summed E-state index contributed by atoms with van der Waals surface area (Å²) in [5.74, 6) is 0.768. The van der Waals surface area contributed by atoms with Crippen molar-refractivity contribution >= 4 is 23.1 Å².